The summed E-state index contributed by atoms with van der Waals surface area (Å²) in [6.07, 6.45) is -1.44. The molecule has 2 amide bonds. The third kappa shape index (κ3) is 4.41. The van der Waals surface area contributed by atoms with Crippen molar-refractivity contribution in [3.63, 3.8) is 0 Å². The maximum absolute atomic E-state index is 12.6. The van der Waals surface area contributed by atoms with Crippen molar-refractivity contribution in [2.45, 2.75) is 58.1 Å². The molecule has 0 radical (unpaired) electrons. The molecule has 1 fully saturated rings. The standard InChI is InChI=1S/C21H25N3O5S/c1-21(2,3)29-20(27)24-9-13(25)8-17(24)23-18(26)7-12-4-5-14-16(6-12)28-10-15-19(14)30-11-22-15/h4-6,11,13,17,25H,7-10H2,1-3H3,(H,23,26)/t13-,17+/m1/s1. The number of hydrogen-bond acceptors (Lipinski definition) is 7. The number of benzene rings is 1. The lowest BCUT2D eigenvalue weighted by atomic mass is 10.0. The molecule has 3 heterocycles. The second-order valence-electron chi connectivity index (χ2n) is 8.53. The molecule has 8 nitrogen and oxygen atoms in total. The first-order chi connectivity index (χ1) is 14.2. The Bertz CT molecular complexity index is 968. The zero-order valence-electron chi connectivity index (χ0n) is 17.2. The smallest absolute Gasteiger partial charge is 0.412 e. The van der Waals surface area contributed by atoms with Crippen LogP contribution in [0.25, 0.3) is 10.4 Å². The molecule has 0 aliphatic carbocycles. The summed E-state index contributed by atoms with van der Waals surface area (Å²) >= 11 is 1.57. The molecule has 0 unspecified atom stereocenters. The second-order valence-corrected chi connectivity index (χ2v) is 9.38. The molecule has 2 atom stereocenters. The van der Waals surface area contributed by atoms with E-state index in [0.717, 1.165) is 27.4 Å². The molecule has 0 spiro atoms. The monoisotopic (exact) mass is 431 g/mol. The van der Waals surface area contributed by atoms with Crippen LogP contribution in [-0.4, -0.2) is 51.4 Å². The molecule has 4 rings (SSSR count). The Kier molecular flexibility index (Phi) is 5.42. The summed E-state index contributed by atoms with van der Waals surface area (Å²) in [5.74, 6) is 0.501. The number of carbonyl (C=O) groups excluding carboxylic acids is 2. The number of fused-ring (bicyclic) bond motifs is 3. The van der Waals surface area contributed by atoms with Gasteiger partial charge in [-0.1, -0.05) is 6.07 Å². The van der Waals surface area contributed by atoms with E-state index in [1.165, 1.54) is 4.90 Å². The highest BCUT2D eigenvalue weighted by Crippen LogP contribution is 2.40. The summed E-state index contributed by atoms with van der Waals surface area (Å²) in [5.41, 5.74) is 3.87. The highest BCUT2D eigenvalue weighted by atomic mass is 32.1. The van der Waals surface area contributed by atoms with Gasteiger partial charge in [0.1, 0.15) is 24.1 Å². The van der Waals surface area contributed by atoms with Crippen LogP contribution in [0.15, 0.2) is 23.7 Å². The molecule has 2 aromatic rings. The molecule has 1 aromatic carbocycles. The lowest BCUT2D eigenvalue weighted by molar-refractivity contribution is -0.122. The highest BCUT2D eigenvalue weighted by Gasteiger charge is 2.37. The largest absolute Gasteiger partial charge is 0.487 e. The Morgan fingerprint density at radius 2 is 2.20 bits per heavy atom. The van der Waals surface area contributed by atoms with Gasteiger partial charge >= 0.3 is 6.09 Å². The maximum Gasteiger partial charge on any atom is 0.412 e. The number of aliphatic hydroxyl groups excluding tert-OH is 1. The molecule has 2 N–H and O–H groups in total. The summed E-state index contributed by atoms with van der Waals surface area (Å²) in [6.45, 7) is 5.88. The van der Waals surface area contributed by atoms with Crippen LogP contribution >= 0.6 is 11.3 Å². The number of rotatable bonds is 3. The average molecular weight is 432 g/mol. The quantitative estimate of drug-likeness (QED) is 0.775. The average Bonchev–Trinajstić information content (AvgIpc) is 3.26. The van der Waals surface area contributed by atoms with Crippen LogP contribution in [0.2, 0.25) is 0 Å². The Hall–Kier alpha value is -2.65. The molecule has 160 valence electrons. The number of β-amino-alcohol motifs (C(OH)–C–C–N with tert-alkyl or cyclic N) is 1. The van der Waals surface area contributed by atoms with Gasteiger partial charge in [0.05, 0.1) is 35.2 Å². The molecule has 9 heteroatoms. The third-order valence-electron chi connectivity index (χ3n) is 4.90. The highest BCUT2D eigenvalue weighted by molar-refractivity contribution is 7.13. The SMILES string of the molecule is CC(C)(C)OC(=O)N1C[C@H](O)C[C@H]1NC(=O)Cc1ccc2c(c1)OCc1ncsc1-2. The zero-order valence-corrected chi connectivity index (χ0v) is 18.0. The lowest BCUT2D eigenvalue weighted by Crippen LogP contribution is -2.49. The van der Waals surface area contributed by atoms with Gasteiger partial charge in [0.2, 0.25) is 5.91 Å². The molecule has 30 heavy (non-hydrogen) atoms. The number of amides is 2. The van der Waals surface area contributed by atoms with Gasteiger partial charge in [-0.3, -0.25) is 9.69 Å². The van der Waals surface area contributed by atoms with Crippen LogP contribution in [0.4, 0.5) is 4.79 Å². The topological polar surface area (TPSA) is 101 Å². The van der Waals surface area contributed by atoms with Gasteiger partial charge in [-0.05, 0) is 38.5 Å². The van der Waals surface area contributed by atoms with Gasteiger partial charge in [-0.25, -0.2) is 9.78 Å². The fraction of sp³-hybridized carbons (Fsp3) is 0.476. The minimum Gasteiger partial charge on any atom is -0.487 e. The predicted molar refractivity (Wildman–Crippen MR) is 111 cm³/mol. The van der Waals surface area contributed by atoms with Crippen molar-refractivity contribution in [3.05, 3.63) is 35.0 Å². The molecule has 0 saturated carbocycles. The second kappa shape index (κ2) is 7.88. The Labute approximate surface area is 178 Å². The van der Waals surface area contributed by atoms with E-state index in [4.69, 9.17) is 9.47 Å². The number of aromatic nitrogens is 1. The van der Waals surface area contributed by atoms with Crippen LogP contribution in [0.5, 0.6) is 5.75 Å². The minimum atomic E-state index is -0.700. The lowest BCUT2D eigenvalue weighted by Gasteiger charge is -2.28. The number of hydrogen-bond donors (Lipinski definition) is 2. The van der Waals surface area contributed by atoms with Crippen molar-refractivity contribution in [1.82, 2.24) is 15.2 Å². The Morgan fingerprint density at radius 1 is 1.40 bits per heavy atom. The molecular formula is C21H25N3O5S. The van der Waals surface area contributed by atoms with E-state index in [-0.39, 0.29) is 25.3 Å². The van der Waals surface area contributed by atoms with Gasteiger partial charge in [0.15, 0.2) is 0 Å². The van der Waals surface area contributed by atoms with Crippen LogP contribution in [0.1, 0.15) is 38.4 Å². The van der Waals surface area contributed by atoms with Crippen molar-refractivity contribution in [3.8, 4) is 16.2 Å². The molecule has 0 bridgehead atoms. The van der Waals surface area contributed by atoms with Crippen molar-refractivity contribution in [2.24, 2.45) is 0 Å². The van der Waals surface area contributed by atoms with Crippen LogP contribution < -0.4 is 10.1 Å². The van der Waals surface area contributed by atoms with E-state index in [2.05, 4.69) is 10.3 Å². The number of nitrogens with one attached hydrogen (secondary N) is 1. The minimum absolute atomic E-state index is 0.129. The first kappa shape index (κ1) is 20.6. The van der Waals surface area contributed by atoms with E-state index in [1.54, 1.807) is 37.6 Å². The summed E-state index contributed by atoms with van der Waals surface area (Å²) in [7, 11) is 0. The molecule has 1 aromatic heterocycles. The summed E-state index contributed by atoms with van der Waals surface area (Å²) in [4.78, 5) is 31.8. The number of thiazole rings is 1. The Balaban J connectivity index is 1.41. The number of nitrogens with zero attached hydrogens (tertiary/aromatic N) is 2. The van der Waals surface area contributed by atoms with Gasteiger partial charge in [0, 0.05) is 12.0 Å². The van der Waals surface area contributed by atoms with Crippen molar-refractivity contribution in [1.29, 1.82) is 0 Å². The first-order valence-corrected chi connectivity index (χ1v) is 10.7. The third-order valence-corrected chi connectivity index (χ3v) is 5.80. The molecular weight excluding hydrogens is 406 g/mol. The van der Waals surface area contributed by atoms with Gasteiger partial charge < -0.3 is 19.9 Å². The maximum atomic E-state index is 12.6. The summed E-state index contributed by atoms with van der Waals surface area (Å²) in [5, 5.41) is 12.8. The van der Waals surface area contributed by atoms with E-state index in [1.807, 2.05) is 18.2 Å². The van der Waals surface area contributed by atoms with Crippen molar-refractivity contribution < 1.29 is 24.2 Å². The molecule has 2 aliphatic rings. The molecule has 2 aliphatic heterocycles. The molecule has 1 saturated heterocycles. The van der Waals surface area contributed by atoms with Crippen molar-refractivity contribution in [2.75, 3.05) is 6.54 Å². The van der Waals surface area contributed by atoms with Crippen molar-refractivity contribution >= 4 is 23.3 Å². The number of ether oxygens (including phenoxy) is 2. The van der Waals surface area contributed by atoms with Gasteiger partial charge in [-0.15, -0.1) is 11.3 Å². The number of aliphatic hydroxyl groups is 1. The first-order valence-electron chi connectivity index (χ1n) is 9.85. The normalized spacial score (nSPS) is 20.2. The summed E-state index contributed by atoms with van der Waals surface area (Å²) < 4.78 is 11.2. The van der Waals surface area contributed by atoms with Gasteiger partial charge in [-0.2, -0.15) is 0 Å². The van der Waals surface area contributed by atoms with Crippen LogP contribution in [-0.2, 0) is 22.6 Å². The van der Waals surface area contributed by atoms with E-state index in [0.29, 0.717) is 6.61 Å². The predicted octanol–water partition coefficient (Wildman–Crippen LogP) is 2.69. The fourth-order valence-electron chi connectivity index (χ4n) is 3.62. The number of carbonyl (C=O) groups is 2. The van der Waals surface area contributed by atoms with Crippen LogP contribution in [0.3, 0.4) is 0 Å². The summed E-state index contributed by atoms with van der Waals surface area (Å²) in [6, 6.07) is 5.71. The van der Waals surface area contributed by atoms with Crippen LogP contribution in [0, 0.1) is 0 Å². The van der Waals surface area contributed by atoms with E-state index >= 15 is 0 Å². The van der Waals surface area contributed by atoms with E-state index < -0.39 is 24.0 Å². The van der Waals surface area contributed by atoms with E-state index in [9.17, 15) is 14.7 Å². The zero-order chi connectivity index (χ0) is 21.5. The Morgan fingerprint density at radius 3 is 2.97 bits per heavy atom. The number of likely N-dealkylation sites (tertiary alicyclic amines) is 1. The van der Waals surface area contributed by atoms with Gasteiger partial charge in [0.25, 0.3) is 0 Å². The fourth-order valence-corrected chi connectivity index (χ4v) is 4.44.